The van der Waals surface area contributed by atoms with Crippen LogP contribution in [0.15, 0.2) is 53.0 Å². The van der Waals surface area contributed by atoms with Crippen molar-refractivity contribution in [1.29, 1.82) is 15.8 Å². The lowest BCUT2D eigenvalue weighted by Gasteiger charge is -2.21. The predicted molar refractivity (Wildman–Crippen MR) is 117 cm³/mol. The minimum atomic E-state index is -0.176. The third-order valence-corrected chi connectivity index (χ3v) is 4.74. The molecule has 0 heterocycles. The number of rotatable bonds is 6. The van der Waals surface area contributed by atoms with Gasteiger partial charge in [0.15, 0.2) is 5.71 Å². The highest BCUT2D eigenvalue weighted by Gasteiger charge is 2.17. The van der Waals surface area contributed by atoms with E-state index in [0.29, 0.717) is 16.3 Å². The van der Waals surface area contributed by atoms with Gasteiger partial charge in [0.1, 0.15) is 23.8 Å². The molecule has 6 heteroatoms. The van der Waals surface area contributed by atoms with Crippen molar-refractivity contribution >= 4 is 34.3 Å². The third-order valence-electron chi connectivity index (χ3n) is 4.49. The summed E-state index contributed by atoms with van der Waals surface area (Å²) in [6.45, 7) is 7.88. The topological polar surface area (TPSA) is 87.0 Å². The lowest BCUT2D eigenvalue weighted by atomic mass is 9.96. The highest BCUT2D eigenvalue weighted by Crippen LogP contribution is 2.28. The van der Waals surface area contributed by atoms with E-state index in [1.807, 2.05) is 43.3 Å². The fourth-order valence-corrected chi connectivity index (χ4v) is 3.09. The second kappa shape index (κ2) is 10.1. The number of allylic oxidation sites excluding steroid dienone is 2. The van der Waals surface area contributed by atoms with Gasteiger partial charge in [-0.3, -0.25) is 0 Å². The number of nitrogens with zero attached hydrogens (tertiary/aromatic N) is 5. The Morgan fingerprint density at radius 2 is 1.59 bits per heavy atom. The largest absolute Gasteiger partial charge is 0.372 e. The summed E-state index contributed by atoms with van der Waals surface area (Å²) < 4.78 is 0. The number of aryl methyl sites for hydroxylation is 1. The van der Waals surface area contributed by atoms with Gasteiger partial charge in [0.25, 0.3) is 0 Å². The van der Waals surface area contributed by atoms with Crippen molar-refractivity contribution in [2.45, 2.75) is 20.8 Å². The van der Waals surface area contributed by atoms with Gasteiger partial charge >= 0.3 is 0 Å². The van der Waals surface area contributed by atoms with E-state index in [1.54, 1.807) is 24.3 Å². The van der Waals surface area contributed by atoms with E-state index < -0.39 is 0 Å². The molecular formula is C23H20ClN5. The zero-order valence-corrected chi connectivity index (χ0v) is 17.3. The molecule has 0 spiro atoms. The monoisotopic (exact) mass is 401 g/mol. The van der Waals surface area contributed by atoms with Crippen LogP contribution in [0.3, 0.4) is 0 Å². The van der Waals surface area contributed by atoms with Crippen molar-refractivity contribution in [2.24, 2.45) is 4.99 Å². The Morgan fingerprint density at radius 3 is 2.07 bits per heavy atom. The normalized spacial score (nSPS) is 10.4. The fraction of sp³-hybridized carbons (Fsp3) is 0.217. The first-order chi connectivity index (χ1) is 14.0. The number of hydrogen-bond donors (Lipinski definition) is 0. The SMILES string of the molecule is CCN(CC)c1ccc(N=C(C#N)C(=C(C#N)C#N)c2ccc(Cl)cc2)c(C)c1. The zero-order chi connectivity index (χ0) is 21.4. The molecule has 0 bridgehead atoms. The van der Waals surface area contributed by atoms with E-state index in [1.165, 1.54) is 0 Å². The molecule has 0 unspecified atom stereocenters. The van der Waals surface area contributed by atoms with Gasteiger partial charge in [0, 0.05) is 29.4 Å². The lowest BCUT2D eigenvalue weighted by Crippen LogP contribution is -2.21. The second-order valence-electron chi connectivity index (χ2n) is 6.20. The van der Waals surface area contributed by atoms with Gasteiger partial charge < -0.3 is 4.90 Å². The van der Waals surface area contributed by atoms with E-state index in [9.17, 15) is 15.8 Å². The standard InChI is InChI=1S/C23H20ClN5/c1-4-29(5-2)20-10-11-21(16(3)12-20)28-22(15-27)23(18(13-25)14-26)17-6-8-19(24)9-7-17/h6-12H,4-5H2,1-3H3. The van der Waals surface area contributed by atoms with Crippen molar-refractivity contribution in [3.63, 3.8) is 0 Å². The molecule has 0 saturated heterocycles. The predicted octanol–water partition coefficient (Wildman–Crippen LogP) is 5.59. The summed E-state index contributed by atoms with van der Waals surface area (Å²) in [6.07, 6.45) is 0. The van der Waals surface area contributed by atoms with Gasteiger partial charge in [-0.15, -0.1) is 0 Å². The summed E-state index contributed by atoms with van der Waals surface area (Å²) in [5, 5.41) is 29.1. The molecule has 2 rings (SSSR count). The van der Waals surface area contributed by atoms with Gasteiger partial charge in [-0.25, -0.2) is 4.99 Å². The van der Waals surface area contributed by atoms with Crippen molar-refractivity contribution in [3.8, 4) is 18.2 Å². The summed E-state index contributed by atoms with van der Waals surface area (Å²) in [5.74, 6) is 0. The highest BCUT2D eigenvalue weighted by atomic mass is 35.5. The van der Waals surface area contributed by atoms with Crippen LogP contribution in [0.2, 0.25) is 5.02 Å². The Balaban J connectivity index is 2.63. The molecule has 29 heavy (non-hydrogen) atoms. The third kappa shape index (κ3) is 5.02. The zero-order valence-electron chi connectivity index (χ0n) is 16.6. The first kappa shape index (κ1) is 21.7. The summed E-state index contributed by atoms with van der Waals surface area (Å²) in [6, 6.07) is 18.2. The highest BCUT2D eigenvalue weighted by molar-refractivity contribution is 6.34. The van der Waals surface area contributed by atoms with Crippen molar-refractivity contribution in [1.82, 2.24) is 0 Å². The molecule has 0 atom stereocenters. The Bertz CT molecular complexity index is 1060. The van der Waals surface area contributed by atoms with Gasteiger partial charge in [-0.2, -0.15) is 15.8 Å². The molecule has 0 aliphatic rings. The van der Waals surface area contributed by atoms with Crippen LogP contribution >= 0.6 is 11.6 Å². The van der Waals surface area contributed by atoms with Crippen LogP contribution in [-0.2, 0) is 0 Å². The van der Waals surface area contributed by atoms with Crippen molar-refractivity contribution in [3.05, 3.63) is 64.2 Å². The average molecular weight is 402 g/mol. The number of hydrogen-bond acceptors (Lipinski definition) is 5. The molecule has 2 aromatic carbocycles. The summed E-state index contributed by atoms with van der Waals surface area (Å²) in [4.78, 5) is 6.71. The van der Waals surface area contributed by atoms with Crippen LogP contribution in [0.4, 0.5) is 11.4 Å². The van der Waals surface area contributed by atoms with Gasteiger partial charge in [0.05, 0.1) is 5.69 Å². The maximum atomic E-state index is 9.76. The molecule has 5 nitrogen and oxygen atoms in total. The number of anilines is 1. The number of benzene rings is 2. The molecule has 144 valence electrons. The number of halogens is 1. The maximum absolute atomic E-state index is 9.76. The molecule has 0 aliphatic heterocycles. The van der Waals surface area contributed by atoms with Crippen molar-refractivity contribution in [2.75, 3.05) is 18.0 Å². The molecule has 0 aromatic heterocycles. The first-order valence-corrected chi connectivity index (χ1v) is 9.51. The molecule has 0 saturated carbocycles. The molecule has 0 N–H and O–H groups in total. The summed E-state index contributed by atoms with van der Waals surface area (Å²) in [7, 11) is 0. The van der Waals surface area contributed by atoms with Gasteiger partial charge in [-0.05, 0) is 62.2 Å². The van der Waals surface area contributed by atoms with Gasteiger partial charge in [-0.1, -0.05) is 23.7 Å². The van der Waals surface area contributed by atoms with E-state index in [2.05, 4.69) is 23.7 Å². The van der Waals surface area contributed by atoms with Crippen LogP contribution in [0.1, 0.15) is 25.0 Å². The average Bonchev–Trinajstić information content (AvgIpc) is 2.73. The van der Waals surface area contributed by atoms with E-state index in [4.69, 9.17) is 11.6 Å². The smallest absolute Gasteiger partial charge is 0.151 e. The lowest BCUT2D eigenvalue weighted by molar-refractivity contribution is 0.865. The molecule has 0 amide bonds. The first-order valence-electron chi connectivity index (χ1n) is 9.14. The van der Waals surface area contributed by atoms with Crippen LogP contribution in [0, 0.1) is 40.9 Å². The molecule has 0 radical (unpaired) electrons. The Morgan fingerprint density at radius 1 is 0.966 bits per heavy atom. The minimum absolute atomic E-state index is 0.00381. The summed E-state index contributed by atoms with van der Waals surface area (Å²) in [5.41, 5.74) is 3.14. The quantitative estimate of drug-likeness (QED) is 0.466. The maximum Gasteiger partial charge on any atom is 0.151 e. The Labute approximate surface area is 176 Å². The van der Waals surface area contributed by atoms with Crippen LogP contribution in [-0.4, -0.2) is 18.8 Å². The van der Waals surface area contributed by atoms with E-state index >= 15 is 0 Å². The second-order valence-corrected chi connectivity index (χ2v) is 6.63. The minimum Gasteiger partial charge on any atom is -0.372 e. The molecule has 0 aliphatic carbocycles. The van der Waals surface area contributed by atoms with Crippen LogP contribution in [0.25, 0.3) is 5.57 Å². The Kier molecular flexibility index (Phi) is 7.55. The van der Waals surface area contributed by atoms with Crippen LogP contribution in [0.5, 0.6) is 0 Å². The van der Waals surface area contributed by atoms with Crippen molar-refractivity contribution < 1.29 is 0 Å². The number of aliphatic imine (C=N–C) groups is 1. The summed E-state index contributed by atoms with van der Waals surface area (Å²) >= 11 is 5.95. The van der Waals surface area contributed by atoms with E-state index in [0.717, 1.165) is 24.3 Å². The molecule has 0 fully saturated rings. The number of nitriles is 3. The van der Waals surface area contributed by atoms with E-state index in [-0.39, 0.29) is 16.9 Å². The fourth-order valence-electron chi connectivity index (χ4n) is 2.96. The molecule has 2 aromatic rings. The molecular weight excluding hydrogens is 382 g/mol. The van der Waals surface area contributed by atoms with Gasteiger partial charge in [0.2, 0.25) is 0 Å². The van der Waals surface area contributed by atoms with Crippen LogP contribution < -0.4 is 4.90 Å². The Hall–Kier alpha value is -3.59.